The third kappa shape index (κ3) is 4.45. The summed E-state index contributed by atoms with van der Waals surface area (Å²) in [5.41, 5.74) is 3.07. The Labute approximate surface area is 167 Å². The monoisotopic (exact) mass is 375 g/mol. The first-order chi connectivity index (χ1) is 13.7. The largest absolute Gasteiger partial charge is 0.361 e. The molecule has 1 fully saturated rings. The van der Waals surface area contributed by atoms with Crippen molar-refractivity contribution in [1.29, 1.82) is 0 Å². The second-order valence-corrected chi connectivity index (χ2v) is 8.04. The van der Waals surface area contributed by atoms with E-state index in [-0.39, 0.29) is 5.91 Å². The van der Waals surface area contributed by atoms with Crippen LogP contribution in [-0.2, 0) is 6.42 Å². The minimum absolute atomic E-state index is 0.139. The van der Waals surface area contributed by atoms with Crippen LogP contribution in [-0.4, -0.2) is 53.9 Å². The van der Waals surface area contributed by atoms with Crippen molar-refractivity contribution in [1.82, 2.24) is 14.8 Å². The molecule has 1 aliphatic heterocycles. The van der Waals surface area contributed by atoms with Gasteiger partial charge in [-0.05, 0) is 67.9 Å². The van der Waals surface area contributed by atoms with E-state index in [0.29, 0.717) is 5.92 Å². The average molecular weight is 376 g/mol. The molecule has 1 saturated heterocycles. The molecule has 0 radical (unpaired) electrons. The summed E-state index contributed by atoms with van der Waals surface area (Å²) in [6, 6.07) is 18.5. The lowest BCUT2D eigenvalue weighted by molar-refractivity contribution is 0.0693. The number of aromatic amines is 1. The highest BCUT2D eigenvalue weighted by Gasteiger charge is 2.23. The SMILES string of the molecule is CN1CCCC(CN(CCc2ccccc2)C(=O)c2ccc3cc[nH]c3c2)C1. The van der Waals surface area contributed by atoms with Crippen LogP contribution in [0.3, 0.4) is 0 Å². The molecule has 1 N–H and O–H groups in total. The van der Waals surface area contributed by atoms with Crippen molar-refractivity contribution in [3.05, 3.63) is 71.9 Å². The van der Waals surface area contributed by atoms with E-state index in [1.165, 1.54) is 18.4 Å². The lowest BCUT2D eigenvalue weighted by atomic mass is 9.97. The van der Waals surface area contributed by atoms with Gasteiger partial charge < -0.3 is 14.8 Å². The predicted octanol–water partition coefficient (Wildman–Crippen LogP) is 4.19. The van der Waals surface area contributed by atoms with Crippen molar-refractivity contribution in [2.24, 2.45) is 5.92 Å². The van der Waals surface area contributed by atoms with E-state index in [1.807, 2.05) is 36.5 Å². The van der Waals surface area contributed by atoms with Crippen molar-refractivity contribution in [2.75, 3.05) is 33.2 Å². The van der Waals surface area contributed by atoms with Crippen LogP contribution in [0.15, 0.2) is 60.8 Å². The lowest BCUT2D eigenvalue weighted by Gasteiger charge is -2.34. The van der Waals surface area contributed by atoms with Gasteiger partial charge in [0.25, 0.3) is 5.91 Å². The number of amides is 1. The molecule has 1 atom stereocenters. The fraction of sp³-hybridized carbons (Fsp3) is 0.375. The molecule has 28 heavy (non-hydrogen) atoms. The summed E-state index contributed by atoms with van der Waals surface area (Å²) >= 11 is 0. The summed E-state index contributed by atoms with van der Waals surface area (Å²) in [6.07, 6.45) is 5.23. The van der Waals surface area contributed by atoms with Crippen molar-refractivity contribution in [3.63, 3.8) is 0 Å². The number of nitrogens with zero attached hydrogens (tertiary/aromatic N) is 2. The first kappa shape index (κ1) is 18.8. The highest BCUT2D eigenvalue weighted by atomic mass is 16.2. The van der Waals surface area contributed by atoms with Gasteiger partial charge >= 0.3 is 0 Å². The molecule has 4 nitrogen and oxygen atoms in total. The molecular weight excluding hydrogens is 346 g/mol. The molecule has 1 aromatic heterocycles. The van der Waals surface area contributed by atoms with Gasteiger partial charge in [-0.1, -0.05) is 36.4 Å². The summed E-state index contributed by atoms with van der Waals surface area (Å²) in [5, 5.41) is 1.14. The highest BCUT2D eigenvalue weighted by Crippen LogP contribution is 2.20. The molecule has 1 aliphatic rings. The first-order valence-corrected chi connectivity index (χ1v) is 10.3. The minimum atomic E-state index is 0.139. The van der Waals surface area contributed by atoms with E-state index in [9.17, 15) is 4.79 Å². The second kappa shape index (κ2) is 8.61. The topological polar surface area (TPSA) is 39.3 Å². The summed E-state index contributed by atoms with van der Waals surface area (Å²) in [4.78, 5) is 21.1. The van der Waals surface area contributed by atoms with Crippen molar-refractivity contribution < 1.29 is 4.79 Å². The van der Waals surface area contributed by atoms with Crippen LogP contribution in [0.2, 0.25) is 0 Å². The maximum absolute atomic E-state index is 13.4. The molecule has 0 spiro atoms. The number of piperidine rings is 1. The van der Waals surface area contributed by atoms with Gasteiger partial charge in [0.15, 0.2) is 0 Å². The van der Waals surface area contributed by atoms with E-state index in [0.717, 1.165) is 49.1 Å². The van der Waals surface area contributed by atoms with E-state index >= 15 is 0 Å². The molecule has 1 amide bonds. The third-order valence-corrected chi connectivity index (χ3v) is 5.80. The quantitative estimate of drug-likeness (QED) is 0.701. The summed E-state index contributed by atoms with van der Waals surface area (Å²) < 4.78 is 0. The van der Waals surface area contributed by atoms with E-state index in [4.69, 9.17) is 0 Å². The molecule has 4 rings (SSSR count). The molecule has 0 bridgehead atoms. The van der Waals surface area contributed by atoms with Gasteiger partial charge in [0.05, 0.1) is 0 Å². The number of hydrogen-bond acceptors (Lipinski definition) is 2. The zero-order chi connectivity index (χ0) is 19.3. The summed E-state index contributed by atoms with van der Waals surface area (Å²) in [7, 11) is 2.18. The molecule has 3 aromatic rings. The Balaban J connectivity index is 1.52. The summed E-state index contributed by atoms with van der Waals surface area (Å²) in [6.45, 7) is 3.83. The van der Waals surface area contributed by atoms with Gasteiger partial charge in [0.1, 0.15) is 0 Å². The Hall–Kier alpha value is -2.59. The van der Waals surface area contributed by atoms with E-state index in [1.54, 1.807) is 0 Å². The van der Waals surface area contributed by atoms with Gasteiger partial charge in [-0.3, -0.25) is 4.79 Å². The Bertz CT molecular complexity index is 918. The maximum atomic E-state index is 13.4. The van der Waals surface area contributed by atoms with Gasteiger partial charge in [0.2, 0.25) is 0 Å². The molecule has 2 aromatic carbocycles. The van der Waals surface area contributed by atoms with Gasteiger partial charge in [-0.25, -0.2) is 0 Å². The summed E-state index contributed by atoms with van der Waals surface area (Å²) in [5.74, 6) is 0.688. The van der Waals surface area contributed by atoms with Crippen molar-refractivity contribution in [3.8, 4) is 0 Å². The minimum Gasteiger partial charge on any atom is -0.361 e. The number of nitrogens with one attached hydrogen (secondary N) is 1. The fourth-order valence-corrected chi connectivity index (χ4v) is 4.28. The fourth-order valence-electron chi connectivity index (χ4n) is 4.28. The number of aromatic nitrogens is 1. The molecule has 146 valence electrons. The smallest absolute Gasteiger partial charge is 0.253 e. The Morgan fingerprint density at radius 3 is 2.86 bits per heavy atom. The third-order valence-electron chi connectivity index (χ3n) is 5.80. The van der Waals surface area contributed by atoms with Crippen LogP contribution in [0.4, 0.5) is 0 Å². The second-order valence-electron chi connectivity index (χ2n) is 8.04. The zero-order valence-corrected chi connectivity index (χ0v) is 16.6. The average Bonchev–Trinajstić information content (AvgIpc) is 3.19. The van der Waals surface area contributed by atoms with Gasteiger partial charge in [-0.2, -0.15) is 0 Å². The molecule has 2 heterocycles. The number of hydrogen-bond donors (Lipinski definition) is 1. The molecule has 4 heteroatoms. The van der Waals surface area contributed by atoms with Crippen LogP contribution < -0.4 is 0 Å². The maximum Gasteiger partial charge on any atom is 0.253 e. The number of rotatable bonds is 6. The lowest BCUT2D eigenvalue weighted by Crippen LogP contribution is -2.42. The predicted molar refractivity (Wildman–Crippen MR) is 115 cm³/mol. The normalized spacial score (nSPS) is 17.7. The van der Waals surface area contributed by atoms with Gasteiger partial charge in [0, 0.05) is 36.9 Å². The zero-order valence-electron chi connectivity index (χ0n) is 16.6. The van der Waals surface area contributed by atoms with Crippen LogP contribution in [0.1, 0.15) is 28.8 Å². The number of carbonyl (C=O) groups is 1. The standard InChI is InChI=1S/C24H29N3O/c1-26-14-5-8-20(17-26)18-27(15-12-19-6-3-2-4-7-19)24(28)22-10-9-21-11-13-25-23(21)16-22/h2-4,6-7,9-11,13,16,20,25H,5,8,12,14-15,17-18H2,1H3. The Morgan fingerprint density at radius 2 is 2.04 bits per heavy atom. The van der Waals surface area contributed by atoms with E-state index < -0.39 is 0 Å². The van der Waals surface area contributed by atoms with E-state index in [2.05, 4.69) is 46.1 Å². The van der Waals surface area contributed by atoms with Gasteiger partial charge in [-0.15, -0.1) is 0 Å². The first-order valence-electron chi connectivity index (χ1n) is 10.3. The number of H-pyrrole nitrogens is 1. The van der Waals surface area contributed by atoms with Crippen molar-refractivity contribution in [2.45, 2.75) is 19.3 Å². The van der Waals surface area contributed by atoms with Crippen LogP contribution in [0.25, 0.3) is 10.9 Å². The molecule has 0 aliphatic carbocycles. The number of carbonyl (C=O) groups excluding carboxylic acids is 1. The Morgan fingerprint density at radius 1 is 1.18 bits per heavy atom. The number of likely N-dealkylation sites (tertiary alicyclic amines) is 1. The molecular formula is C24H29N3O. The molecule has 0 saturated carbocycles. The Kier molecular flexibility index (Phi) is 5.77. The van der Waals surface area contributed by atoms with Crippen LogP contribution >= 0.6 is 0 Å². The highest BCUT2D eigenvalue weighted by molar-refractivity contribution is 5.98. The molecule has 1 unspecified atom stereocenters. The van der Waals surface area contributed by atoms with Crippen LogP contribution in [0, 0.1) is 5.92 Å². The van der Waals surface area contributed by atoms with Crippen LogP contribution in [0.5, 0.6) is 0 Å². The number of fused-ring (bicyclic) bond motifs is 1. The van der Waals surface area contributed by atoms with Crippen molar-refractivity contribution >= 4 is 16.8 Å². The number of benzene rings is 2.